The fraction of sp³-hybridized carbons (Fsp3) is 0.438. The first-order valence-corrected chi connectivity index (χ1v) is 10.1. The Bertz CT molecular complexity index is 934. The van der Waals surface area contributed by atoms with Crippen molar-refractivity contribution >= 4 is 33.7 Å². The number of fused-ring (bicyclic) bond motifs is 3. The standard InChI is InChI=1S/C16H20BN3O4S/c1-2-5-25(22,23)20-11-6-10(7-11)13-8-17(21)24-14-9-19-16-12(15(13)14)3-4-18-16/h3-4,8-11,20-21H,2,5-7H2,1H3,(H,18,19)/t10-,11+. The molecular formula is C16H20BN3O4S. The van der Waals surface area contributed by atoms with Crippen molar-refractivity contribution in [1.29, 1.82) is 0 Å². The van der Waals surface area contributed by atoms with E-state index in [1.807, 2.05) is 19.2 Å². The molecule has 0 radical (unpaired) electrons. The average molecular weight is 361 g/mol. The van der Waals surface area contributed by atoms with Gasteiger partial charge in [0, 0.05) is 23.2 Å². The molecule has 1 fully saturated rings. The first-order chi connectivity index (χ1) is 12.0. The second kappa shape index (κ2) is 6.15. The summed E-state index contributed by atoms with van der Waals surface area (Å²) >= 11 is 0. The molecule has 0 atom stereocenters. The lowest BCUT2D eigenvalue weighted by Crippen LogP contribution is -2.45. The summed E-state index contributed by atoms with van der Waals surface area (Å²) in [6.45, 7) is 1.85. The van der Waals surface area contributed by atoms with Crippen LogP contribution in [0.15, 0.2) is 24.4 Å². The van der Waals surface area contributed by atoms with Crippen LogP contribution in [0.5, 0.6) is 5.75 Å². The molecule has 25 heavy (non-hydrogen) atoms. The number of nitrogens with zero attached hydrogens (tertiary/aromatic N) is 1. The third-order valence-electron chi connectivity index (χ3n) is 4.81. The summed E-state index contributed by atoms with van der Waals surface area (Å²) in [5.74, 6) is 2.62. The van der Waals surface area contributed by atoms with Gasteiger partial charge in [0.15, 0.2) is 0 Å². The van der Waals surface area contributed by atoms with E-state index in [1.165, 1.54) is 0 Å². The number of hydrogen-bond acceptors (Lipinski definition) is 5. The molecule has 0 bridgehead atoms. The van der Waals surface area contributed by atoms with E-state index in [1.54, 1.807) is 12.2 Å². The van der Waals surface area contributed by atoms with Gasteiger partial charge in [0.05, 0.1) is 11.9 Å². The SMILES string of the molecule is CCCS(=O)(=O)N[C@H]1C[C@@H](C2=CB(O)Oc3cnc4[nH]ccc4c32)C1. The van der Waals surface area contributed by atoms with Crippen LogP contribution in [0, 0.1) is 5.92 Å². The summed E-state index contributed by atoms with van der Waals surface area (Å²) in [6, 6.07) is 1.89. The van der Waals surface area contributed by atoms with Gasteiger partial charge in [0.2, 0.25) is 10.0 Å². The second-order valence-electron chi connectivity index (χ2n) is 6.67. The maximum Gasteiger partial charge on any atom is 0.552 e. The fourth-order valence-corrected chi connectivity index (χ4v) is 5.02. The third kappa shape index (κ3) is 3.07. The molecule has 0 saturated heterocycles. The van der Waals surface area contributed by atoms with Gasteiger partial charge < -0.3 is 14.7 Å². The van der Waals surface area contributed by atoms with Crippen molar-refractivity contribution in [2.24, 2.45) is 5.92 Å². The minimum atomic E-state index is -3.20. The maximum absolute atomic E-state index is 11.9. The topological polar surface area (TPSA) is 104 Å². The number of allylic oxidation sites excluding steroid dienone is 1. The van der Waals surface area contributed by atoms with Crippen LogP contribution >= 0.6 is 0 Å². The van der Waals surface area contributed by atoms with Gasteiger partial charge in [-0.15, -0.1) is 0 Å². The Morgan fingerprint density at radius 3 is 3.04 bits per heavy atom. The van der Waals surface area contributed by atoms with Gasteiger partial charge >= 0.3 is 7.12 Å². The van der Waals surface area contributed by atoms with Gasteiger partial charge in [-0.1, -0.05) is 6.92 Å². The van der Waals surface area contributed by atoms with Crippen molar-refractivity contribution in [1.82, 2.24) is 14.7 Å². The molecule has 2 aliphatic rings. The van der Waals surface area contributed by atoms with Gasteiger partial charge in [0.25, 0.3) is 0 Å². The zero-order chi connectivity index (χ0) is 17.6. The molecule has 3 N–H and O–H groups in total. The summed E-state index contributed by atoms with van der Waals surface area (Å²) < 4.78 is 32.1. The maximum atomic E-state index is 11.9. The van der Waals surface area contributed by atoms with Gasteiger partial charge in [-0.3, -0.25) is 0 Å². The Balaban J connectivity index is 1.57. The Hall–Kier alpha value is -1.84. The summed E-state index contributed by atoms with van der Waals surface area (Å²) in [6.07, 6.45) is 5.48. The highest BCUT2D eigenvalue weighted by molar-refractivity contribution is 7.89. The van der Waals surface area contributed by atoms with Crippen molar-refractivity contribution in [2.45, 2.75) is 32.2 Å². The molecule has 1 saturated carbocycles. The highest BCUT2D eigenvalue weighted by atomic mass is 32.2. The van der Waals surface area contributed by atoms with E-state index in [0.29, 0.717) is 12.2 Å². The summed E-state index contributed by atoms with van der Waals surface area (Å²) in [5.41, 5.74) is 2.72. The van der Waals surface area contributed by atoms with Crippen molar-refractivity contribution in [3.05, 3.63) is 30.0 Å². The number of rotatable bonds is 5. The van der Waals surface area contributed by atoms with E-state index in [0.717, 1.165) is 35.0 Å². The molecule has 132 valence electrons. The first-order valence-electron chi connectivity index (χ1n) is 8.49. The van der Waals surface area contributed by atoms with Gasteiger partial charge in [-0.2, -0.15) is 0 Å². The number of aromatic nitrogens is 2. The first kappa shape index (κ1) is 16.6. The number of hydrogen-bond donors (Lipinski definition) is 3. The van der Waals surface area contributed by atoms with Crippen molar-refractivity contribution in [3.8, 4) is 5.75 Å². The number of sulfonamides is 1. The number of aromatic amines is 1. The second-order valence-corrected chi connectivity index (χ2v) is 8.54. The molecule has 1 aliphatic heterocycles. The number of pyridine rings is 1. The fourth-order valence-electron chi connectivity index (χ4n) is 3.67. The van der Waals surface area contributed by atoms with E-state index in [4.69, 9.17) is 4.65 Å². The molecule has 3 heterocycles. The molecule has 0 aromatic carbocycles. The van der Waals surface area contributed by atoms with Crippen molar-refractivity contribution in [2.75, 3.05) is 5.75 Å². The highest BCUT2D eigenvalue weighted by Crippen LogP contribution is 2.46. The van der Waals surface area contributed by atoms with Crippen LogP contribution in [0.1, 0.15) is 31.7 Å². The summed E-state index contributed by atoms with van der Waals surface area (Å²) in [5, 5.41) is 10.9. The van der Waals surface area contributed by atoms with E-state index in [-0.39, 0.29) is 17.7 Å². The highest BCUT2D eigenvalue weighted by Gasteiger charge is 2.38. The van der Waals surface area contributed by atoms with E-state index < -0.39 is 17.1 Å². The van der Waals surface area contributed by atoms with E-state index >= 15 is 0 Å². The van der Waals surface area contributed by atoms with Gasteiger partial charge in [-0.05, 0) is 42.8 Å². The predicted octanol–water partition coefficient (Wildman–Crippen LogP) is 1.47. The Morgan fingerprint density at radius 2 is 2.28 bits per heavy atom. The Labute approximate surface area is 146 Å². The molecule has 9 heteroatoms. The number of H-pyrrole nitrogens is 1. The van der Waals surface area contributed by atoms with Crippen LogP contribution in [-0.4, -0.2) is 42.3 Å². The van der Waals surface area contributed by atoms with Gasteiger partial charge in [-0.25, -0.2) is 18.1 Å². The molecule has 7 nitrogen and oxygen atoms in total. The Kier molecular flexibility index (Phi) is 4.09. The smallest absolute Gasteiger partial charge is 0.531 e. The van der Waals surface area contributed by atoms with E-state index in [2.05, 4.69) is 14.7 Å². The van der Waals surface area contributed by atoms with Crippen molar-refractivity contribution in [3.63, 3.8) is 0 Å². The van der Waals surface area contributed by atoms with Crippen LogP contribution < -0.4 is 9.38 Å². The monoisotopic (exact) mass is 361 g/mol. The molecule has 2 aromatic heterocycles. The number of nitrogens with one attached hydrogen (secondary N) is 2. The predicted molar refractivity (Wildman–Crippen MR) is 96.4 cm³/mol. The van der Waals surface area contributed by atoms with Crippen LogP contribution in [0.2, 0.25) is 0 Å². The van der Waals surface area contributed by atoms with Crippen LogP contribution in [0.4, 0.5) is 0 Å². The minimum absolute atomic E-state index is 0.0468. The molecule has 4 rings (SSSR count). The zero-order valence-electron chi connectivity index (χ0n) is 13.9. The summed E-state index contributed by atoms with van der Waals surface area (Å²) in [7, 11) is -4.20. The normalized spacial score (nSPS) is 23.0. The molecule has 0 unspecified atom stereocenters. The molecule has 0 amide bonds. The van der Waals surface area contributed by atoms with Crippen LogP contribution in [0.25, 0.3) is 16.6 Å². The summed E-state index contributed by atoms with van der Waals surface area (Å²) in [4.78, 5) is 7.38. The molecule has 1 aliphatic carbocycles. The van der Waals surface area contributed by atoms with Crippen LogP contribution in [-0.2, 0) is 10.0 Å². The minimum Gasteiger partial charge on any atom is -0.531 e. The lowest BCUT2D eigenvalue weighted by molar-refractivity contribution is 0.308. The van der Waals surface area contributed by atoms with Crippen LogP contribution in [0.3, 0.4) is 0 Å². The lowest BCUT2D eigenvalue weighted by atomic mass is 9.68. The van der Waals surface area contributed by atoms with Gasteiger partial charge in [0.1, 0.15) is 11.4 Å². The quantitative estimate of drug-likeness (QED) is 0.700. The van der Waals surface area contributed by atoms with Crippen molar-refractivity contribution < 1.29 is 18.1 Å². The molecule has 2 aromatic rings. The Morgan fingerprint density at radius 1 is 1.48 bits per heavy atom. The third-order valence-corrected chi connectivity index (χ3v) is 6.45. The lowest BCUT2D eigenvalue weighted by Gasteiger charge is -2.39. The zero-order valence-corrected chi connectivity index (χ0v) is 14.7. The molecular weight excluding hydrogens is 341 g/mol. The average Bonchev–Trinajstić information content (AvgIpc) is 2.98. The molecule has 0 spiro atoms. The largest absolute Gasteiger partial charge is 0.552 e. The van der Waals surface area contributed by atoms with E-state index in [9.17, 15) is 13.4 Å².